The Labute approximate surface area is 190 Å². The Morgan fingerprint density at radius 3 is 2.17 bits per heavy atom. The topological polar surface area (TPSA) is 46.2 Å². The molecule has 0 atom stereocenters. The van der Waals surface area contributed by atoms with Crippen molar-refractivity contribution in [2.45, 2.75) is 11.4 Å². The molecule has 0 amide bonds. The normalized spacial score (nSPS) is 11.5. The van der Waals surface area contributed by atoms with Crippen LogP contribution in [-0.4, -0.2) is 8.42 Å². The SMILES string of the molecule is O=S(=O)(NCc1ccccc1-c1ccsc1)c1ccc(-c2cc(Cl)cc(Cl)c2)cc1. The summed E-state index contributed by atoms with van der Waals surface area (Å²) in [5, 5.41) is 5.11. The van der Waals surface area contributed by atoms with E-state index in [4.69, 9.17) is 23.2 Å². The van der Waals surface area contributed by atoms with Gasteiger partial charge >= 0.3 is 0 Å². The zero-order valence-electron chi connectivity index (χ0n) is 15.7. The molecular formula is C23H17Cl2NO2S2. The van der Waals surface area contributed by atoms with Crippen molar-refractivity contribution >= 4 is 44.6 Å². The molecule has 152 valence electrons. The number of rotatable bonds is 6. The largest absolute Gasteiger partial charge is 0.240 e. The summed E-state index contributed by atoms with van der Waals surface area (Å²) in [6.45, 7) is 0.208. The van der Waals surface area contributed by atoms with Crippen LogP contribution in [0.5, 0.6) is 0 Å². The number of benzene rings is 3. The molecule has 0 fully saturated rings. The van der Waals surface area contributed by atoms with Crippen LogP contribution < -0.4 is 4.72 Å². The molecule has 0 aliphatic heterocycles. The van der Waals surface area contributed by atoms with Crippen LogP contribution in [0.25, 0.3) is 22.3 Å². The molecule has 30 heavy (non-hydrogen) atoms. The van der Waals surface area contributed by atoms with Gasteiger partial charge in [0, 0.05) is 16.6 Å². The summed E-state index contributed by atoms with van der Waals surface area (Å²) in [5.41, 5.74) is 4.69. The molecule has 0 aliphatic rings. The molecule has 1 N–H and O–H groups in total. The number of hydrogen-bond acceptors (Lipinski definition) is 3. The number of sulfonamides is 1. The molecule has 3 nitrogen and oxygen atoms in total. The predicted octanol–water partition coefficient (Wildman–Crippen LogP) is 6.87. The van der Waals surface area contributed by atoms with E-state index < -0.39 is 10.0 Å². The number of nitrogens with one attached hydrogen (secondary N) is 1. The number of thiophene rings is 1. The lowest BCUT2D eigenvalue weighted by atomic mass is 10.0. The van der Waals surface area contributed by atoms with Crippen LogP contribution in [0.2, 0.25) is 10.0 Å². The summed E-state index contributed by atoms with van der Waals surface area (Å²) in [4.78, 5) is 0.201. The van der Waals surface area contributed by atoms with E-state index in [1.54, 1.807) is 53.8 Å². The second-order valence-electron chi connectivity index (χ2n) is 6.68. The highest BCUT2D eigenvalue weighted by Gasteiger charge is 2.15. The van der Waals surface area contributed by atoms with Crippen molar-refractivity contribution < 1.29 is 8.42 Å². The van der Waals surface area contributed by atoms with Crippen LogP contribution in [0.3, 0.4) is 0 Å². The van der Waals surface area contributed by atoms with Crippen molar-refractivity contribution in [3.63, 3.8) is 0 Å². The third-order valence-corrected chi connectivity index (χ3v) is 7.20. The van der Waals surface area contributed by atoms with Crippen LogP contribution in [0, 0.1) is 0 Å². The van der Waals surface area contributed by atoms with Gasteiger partial charge in [0.15, 0.2) is 0 Å². The summed E-state index contributed by atoms with van der Waals surface area (Å²) >= 11 is 13.7. The Morgan fingerprint density at radius 1 is 0.800 bits per heavy atom. The van der Waals surface area contributed by atoms with Crippen molar-refractivity contribution in [2.24, 2.45) is 0 Å². The first kappa shape index (κ1) is 21.1. The Balaban J connectivity index is 1.54. The Bertz CT molecular complexity index is 1250. The summed E-state index contributed by atoms with van der Waals surface area (Å²) in [6.07, 6.45) is 0. The van der Waals surface area contributed by atoms with Gasteiger partial charge in [0.05, 0.1) is 4.90 Å². The van der Waals surface area contributed by atoms with Gasteiger partial charge in [0.1, 0.15) is 0 Å². The van der Waals surface area contributed by atoms with Gasteiger partial charge < -0.3 is 0 Å². The van der Waals surface area contributed by atoms with Gasteiger partial charge in [0.2, 0.25) is 10.0 Å². The van der Waals surface area contributed by atoms with Gasteiger partial charge in [-0.2, -0.15) is 11.3 Å². The lowest BCUT2D eigenvalue weighted by molar-refractivity contribution is 0.581. The second-order valence-corrected chi connectivity index (χ2v) is 10.1. The predicted molar refractivity (Wildman–Crippen MR) is 126 cm³/mol. The second kappa shape index (κ2) is 8.92. The van der Waals surface area contributed by atoms with Gasteiger partial charge in [-0.15, -0.1) is 0 Å². The highest BCUT2D eigenvalue weighted by Crippen LogP contribution is 2.29. The zero-order valence-corrected chi connectivity index (χ0v) is 18.8. The quantitative estimate of drug-likeness (QED) is 0.332. The average molecular weight is 474 g/mol. The van der Waals surface area contributed by atoms with E-state index >= 15 is 0 Å². The van der Waals surface area contributed by atoms with Crippen molar-refractivity contribution in [1.82, 2.24) is 4.72 Å². The first-order valence-electron chi connectivity index (χ1n) is 9.09. The molecule has 0 saturated carbocycles. The molecule has 0 radical (unpaired) electrons. The standard InChI is InChI=1S/C23H17Cl2NO2S2/c24-20-11-19(12-21(25)13-20)16-5-7-22(8-6-16)30(27,28)26-14-17-3-1-2-4-23(17)18-9-10-29-15-18/h1-13,15,26H,14H2. The van der Waals surface area contributed by atoms with Gasteiger partial charge in [-0.05, 0) is 75.0 Å². The first-order chi connectivity index (χ1) is 14.4. The maximum absolute atomic E-state index is 12.8. The summed E-state index contributed by atoms with van der Waals surface area (Å²) < 4.78 is 28.3. The summed E-state index contributed by atoms with van der Waals surface area (Å²) in [7, 11) is -3.66. The number of halogens is 2. The minimum atomic E-state index is -3.66. The molecule has 7 heteroatoms. The van der Waals surface area contributed by atoms with E-state index in [1.807, 2.05) is 41.1 Å². The number of hydrogen-bond donors (Lipinski definition) is 1. The highest BCUT2D eigenvalue weighted by molar-refractivity contribution is 7.89. The molecule has 1 aromatic heterocycles. The monoisotopic (exact) mass is 473 g/mol. The van der Waals surface area contributed by atoms with Gasteiger partial charge in [-0.25, -0.2) is 13.1 Å². The maximum Gasteiger partial charge on any atom is 0.240 e. The van der Waals surface area contributed by atoms with E-state index in [0.717, 1.165) is 27.8 Å². The lowest BCUT2D eigenvalue weighted by Crippen LogP contribution is -2.23. The highest BCUT2D eigenvalue weighted by atomic mass is 35.5. The average Bonchev–Trinajstić information content (AvgIpc) is 3.27. The van der Waals surface area contributed by atoms with Gasteiger partial charge in [-0.3, -0.25) is 0 Å². The van der Waals surface area contributed by atoms with E-state index in [2.05, 4.69) is 4.72 Å². The maximum atomic E-state index is 12.8. The Morgan fingerprint density at radius 2 is 1.50 bits per heavy atom. The van der Waals surface area contributed by atoms with Crippen molar-refractivity contribution in [1.29, 1.82) is 0 Å². The fourth-order valence-electron chi connectivity index (χ4n) is 3.18. The van der Waals surface area contributed by atoms with Crippen LogP contribution in [0.4, 0.5) is 0 Å². The minimum absolute atomic E-state index is 0.201. The first-order valence-corrected chi connectivity index (χ1v) is 12.3. The van der Waals surface area contributed by atoms with Crippen LogP contribution >= 0.6 is 34.5 Å². The molecule has 0 spiro atoms. The molecule has 3 aromatic carbocycles. The Kier molecular flexibility index (Phi) is 6.27. The molecule has 1 heterocycles. The smallest absolute Gasteiger partial charge is 0.207 e. The fourth-order valence-corrected chi connectivity index (χ4v) is 5.37. The summed E-state index contributed by atoms with van der Waals surface area (Å²) in [6, 6.07) is 21.7. The van der Waals surface area contributed by atoms with Crippen molar-refractivity contribution in [3.05, 3.63) is 99.2 Å². The molecule has 4 rings (SSSR count). The molecular weight excluding hydrogens is 457 g/mol. The molecule has 4 aromatic rings. The molecule has 0 aliphatic carbocycles. The molecule has 0 bridgehead atoms. The third kappa shape index (κ3) is 4.77. The van der Waals surface area contributed by atoms with Gasteiger partial charge in [0.25, 0.3) is 0 Å². The van der Waals surface area contributed by atoms with Gasteiger partial charge in [-0.1, -0.05) is 59.6 Å². The van der Waals surface area contributed by atoms with E-state index in [1.165, 1.54) is 0 Å². The third-order valence-electron chi connectivity index (χ3n) is 4.66. The summed E-state index contributed by atoms with van der Waals surface area (Å²) in [5.74, 6) is 0. The van der Waals surface area contributed by atoms with Crippen LogP contribution in [0.1, 0.15) is 5.56 Å². The fraction of sp³-hybridized carbons (Fsp3) is 0.0435. The zero-order chi connectivity index (χ0) is 21.1. The lowest BCUT2D eigenvalue weighted by Gasteiger charge is -2.11. The van der Waals surface area contributed by atoms with Crippen molar-refractivity contribution in [2.75, 3.05) is 0 Å². The van der Waals surface area contributed by atoms with Crippen LogP contribution in [0.15, 0.2) is 88.5 Å². The van der Waals surface area contributed by atoms with Crippen molar-refractivity contribution in [3.8, 4) is 22.3 Å². The molecule has 0 unspecified atom stereocenters. The van der Waals surface area contributed by atoms with E-state index in [-0.39, 0.29) is 11.4 Å². The van der Waals surface area contributed by atoms with E-state index in [0.29, 0.717) is 10.0 Å². The Hall–Kier alpha value is -2.15. The van der Waals surface area contributed by atoms with E-state index in [9.17, 15) is 8.42 Å². The minimum Gasteiger partial charge on any atom is -0.207 e. The molecule has 0 saturated heterocycles. The van der Waals surface area contributed by atoms with Crippen LogP contribution in [-0.2, 0) is 16.6 Å².